The van der Waals surface area contributed by atoms with Crippen molar-refractivity contribution in [3.63, 3.8) is 0 Å². The first-order valence-corrected chi connectivity index (χ1v) is 10.9. The van der Waals surface area contributed by atoms with E-state index < -0.39 is 0 Å². The van der Waals surface area contributed by atoms with Crippen molar-refractivity contribution in [2.75, 3.05) is 11.1 Å². The number of aromatic amines is 1. The molecular formula is C28H36N6. The number of hydrogen-bond acceptors (Lipinski definition) is 5. The first-order valence-electron chi connectivity index (χ1n) is 10.9. The number of nitrogens with zero attached hydrogens (tertiary/aromatic N) is 3. The van der Waals surface area contributed by atoms with Crippen LogP contribution < -0.4 is 11.1 Å². The molecule has 0 saturated carbocycles. The summed E-state index contributed by atoms with van der Waals surface area (Å²) >= 11 is 0. The molecule has 4 N–H and O–H groups in total. The molecule has 0 fully saturated rings. The topological polar surface area (TPSA) is 92.5 Å². The van der Waals surface area contributed by atoms with Gasteiger partial charge in [0.05, 0.1) is 28.8 Å². The number of fused-ring (bicyclic) bond motifs is 1. The molecule has 4 aromatic rings. The van der Waals surface area contributed by atoms with Gasteiger partial charge >= 0.3 is 0 Å². The molecule has 0 saturated heterocycles. The summed E-state index contributed by atoms with van der Waals surface area (Å²) in [6.07, 6.45) is 5.20. The summed E-state index contributed by atoms with van der Waals surface area (Å²) in [5, 5.41) is 11.7. The molecule has 3 aromatic heterocycles. The lowest BCUT2D eigenvalue weighted by Gasteiger charge is -2.08. The summed E-state index contributed by atoms with van der Waals surface area (Å²) in [5.74, 6) is 0.833. The van der Waals surface area contributed by atoms with Gasteiger partial charge in [0.2, 0.25) is 0 Å². The van der Waals surface area contributed by atoms with Gasteiger partial charge in [-0.2, -0.15) is 5.10 Å². The van der Waals surface area contributed by atoms with Crippen LogP contribution in [-0.4, -0.2) is 20.2 Å². The van der Waals surface area contributed by atoms with Gasteiger partial charge in [-0.15, -0.1) is 26.3 Å². The molecule has 0 amide bonds. The van der Waals surface area contributed by atoms with E-state index in [0.717, 1.165) is 45.0 Å². The number of benzene rings is 1. The zero-order valence-electron chi connectivity index (χ0n) is 20.7. The van der Waals surface area contributed by atoms with Crippen LogP contribution in [0.2, 0.25) is 0 Å². The molecule has 0 bridgehead atoms. The molecule has 0 aliphatic carbocycles. The van der Waals surface area contributed by atoms with Crippen LogP contribution >= 0.6 is 0 Å². The van der Waals surface area contributed by atoms with Crippen molar-refractivity contribution in [3.05, 3.63) is 99.3 Å². The van der Waals surface area contributed by atoms with E-state index in [4.69, 9.17) is 5.73 Å². The molecule has 0 aliphatic heterocycles. The van der Waals surface area contributed by atoms with Gasteiger partial charge in [-0.05, 0) is 48.7 Å². The van der Waals surface area contributed by atoms with Crippen LogP contribution in [0.5, 0.6) is 0 Å². The fourth-order valence-corrected chi connectivity index (χ4v) is 2.81. The third-order valence-corrected chi connectivity index (χ3v) is 4.15. The summed E-state index contributed by atoms with van der Waals surface area (Å²) in [4.78, 5) is 8.45. The fraction of sp³-hybridized carbons (Fsp3) is 0.179. The molecule has 0 radical (unpaired) electrons. The molecule has 178 valence electrons. The maximum absolute atomic E-state index is 5.85. The third-order valence-electron chi connectivity index (χ3n) is 4.15. The Kier molecular flexibility index (Phi) is 11.5. The number of anilines is 2. The zero-order valence-corrected chi connectivity index (χ0v) is 20.7. The second kappa shape index (κ2) is 14.1. The quantitative estimate of drug-likeness (QED) is 0.281. The average Bonchev–Trinajstić information content (AvgIpc) is 3.26. The smallest absolute Gasteiger partial charge is 0.116 e. The van der Waals surface area contributed by atoms with Crippen molar-refractivity contribution in [2.24, 2.45) is 5.92 Å². The Labute approximate surface area is 203 Å². The normalized spacial score (nSPS) is 9.56. The predicted molar refractivity (Wildman–Crippen MR) is 148 cm³/mol. The molecule has 0 aliphatic rings. The Morgan fingerprint density at radius 3 is 2.21 bits per heavy atom. The molecule has 3 heterocycles. The standard InChI is InChI=1S/C20H18N6.C4H10.2C2H4/c1-12-3-5-17(11-23-12)24-13(2)20-18-8-14(4-6-19(18)25-26-20)15-7-16(21)10-22-9-15;1-4(2)3;2*1-2/h3-11,24H,2,21H2,1H3,(H,25,26);4H,1-3H3;2*1-2H2. The first kappa shape index (κ1) is 27.8. The van der Waals surface area contributed by atoms with E-state index in [0.29, 0.717) is 11.4 Å². The van der Waals surface area contributed by atoms with E-state index in [1.54, 1.807) is 18.6 Å². The molecule has 0 atom stereocenters. The number of rotatable bonds is 4. The van der Waals surface area contributed by atoms with Crippen LogP contribution in [0.3, 0.4) is 0 Å². The highest BCUT2D eigenvalue weighted by molar-refractivity contribution is 5.95. The number of aromatic nitrogens is 4. The van der Waals surface area contributed by atoms with Crippen molar-refractivity contribution in [1.82, 2.24) is 20.2 Å². The Balaban J connectivity index is 0.000000644. The van der Waals surface area contributed by atoms with E-state index >= 15 is 0 Å². The summed E-state index contributed by atoms with van der Waals surface area (Å²) in [5.41, 5.74) is 12.7. The number of aryl methyl sites for hydroxylation is 1. The highest BCUT2D eigenvalue weighted by atomic mass is 15.1. The number of H-pyrrole nitrogens is 1. The Morgan fingerprint density at radius 2 is 1.62 bits per heavy atom. The van der Waals surface area contributed by atoms with Gasteiger partial charge in [0.15, 0.2) is 0 Å². The van der Waals surface area contributed by atoms with Crippen LogP contribution in [-0.2, 0) is 0 Å². The van der Waals surface area contributed by atoms with E-state index in [1.165, 1.54) is 0 Å². The number of pyridine rings is 2. The SMILES string of the molecule is C=C.C=C.C=C(Nc1ccc(C)nc1)c1n[nH]c2ccc(-c3cncc(N)c3)cc12.CC(C)C. The summed E-state index contributed by atoms with van der Waals surface area (Å²) < 4.78 is 0. The maximum Gasteiger partial charge on any atom is 0.116 e. The van der Waals surface area contributed by atoms with Gasteiger partial charge in [-0.25, -0.2) is 0 Å². The van der Waals surface area contributed by atoms with E-state index in [-0.39, 0.29) is 0 Å². The van der Waals surface area contributed by atoms with Crippen molar-refractivity contribution in [1.29, 1.82) is 0 Å². The Bertz CT molecular complexity index is 1170. The van der Waals surface area contributed by atoms with Gasteiger partial charge in [-0.3, -0.25) is 15.1 Å². The van der Waals surface area contributed by atoms with Crippen LogP contribution in [0.4, 0.5) is 11.4 Å². The van der Waals surface area contributed by atoms with Crippen LogP contribution in [0.25, 0.3) is 27.7 Å². The predicted octanol–water partition coefficient (Wildman–Crippen LogP) is 7.26. The molecule has 6 heteroatoms. The molecular weight excluding hydrogens is 420 g/mol. The summed E-state index contributed by atoms with van der Waals surface area (Å²) in [7, 11) is 0. The second-order valence-electron chi connectivity index (χ2n) is 7.86. The fourth-order valence-electron chi connectivity index (χ4n) is 2.81. The van der Waals surface area contributed by atoms with E-state index in [1.807, 2.05) is 37.3 Å². The van der Waals surface area contributed by atoms with Crippen LogP contribution in [0.1, 0.15) is 32.2 Å². The van der Waals surface area contributed by atoms with Crippen LogP contribution in [0, 0.1) is 12.8 Å². The number of nitrogens with two attached hydrogens (primary N) is 1. The van der Waals surface area contributed by atoms with Crippen molar-refractivity contribution in [2.45, 2.75) is 27.7 Å². The summed E-state index contributed by atoms with van der Waals surface area (Å²) in [6, 6.07) is 11.9. The highest BCUT2D eigenvalue weighted by Crippen LogP contribution is 2.28. The lowest BCUT2D eigenvalue weighted by Crippen LogP contribution is -1.99. The molecule has 34 heavy (non-hydrogen) atoms. The maximum atomic E-state index is 5.85. The van der Waals surface area contributed by atoms with Crippen molar-refractivity contribution >= 4 is 28.0 Å². The molecule has 6 nitrogen and oxygen atoms in total. The number of nitrogens with one attached hydrogen (secondary N) is 2. The monoisotopic (exact) mass is 456 g/mol. The first-order chi connectivity index (χ1) is 16.3. The lowest BCUT2D eigenvalue weighted by molar-refractivity contribution is 0.737. The van der Waals surface area contributed by atoms with Gasteiger partial charge in [-0.1, -0.05) is 33.4 Å². The van der Waals surface area contributed by atoms with E-state index in [2.05, 4.69) is 85.2 Å². The third kappa shape index (κ3) is 8.06. The van der Waals surface area contributed by atoms with Gasteiger partial charge < -0.3 is 11.1 Å². The zero-order chi connectivity index (χ0) is 25.7. The van der Waals surface area contributed by atoms with Crippen molar-refractivity contribution in [3.8, 4) is 11.1 Å². The van der Waals surface area contributed by atoms with Gasteiger partial charge in [0, 0.05) is 29.0 Å². The Hall–Kier alpha value is -4.19. The largest absolute Gasteiger partial charge is 0.397 e. The molecule has 1 aromatic carbocycles. The minimum Gasteiger partial charge on any atom is -0.397 e. The molecule has 0 unspecified atom stereocenters. The summed E-state index contributed by atoms with van der Waals surface area (Å²) in [6.45, 7) is 24.6. The van der Waals surface area contributed by atoms with Crippen LogP contribution in [0.15, 0.2) is 87.9 Å². The number of hydrogen-bond donors (Lipinski definition) is 3. The lowest BCUT2D eigenvalue weighted by atomic mass is 10.0. The second-order valence-corrected chi connectivity index (χ2v) is 7.86. The minimum absolute atomic E-state index is 0.632. The van der Waals surface area contributed by atoms with Gasteiger partial charge in [0.1, 0.15) is 5.69 Å². The van der Waals surface area contributed by atoms with E-state index in [9.17, 15) is 0 Å². The molecule has 4 rings (SSSR count). The molecule has 0 spiro atoms. The average molecular weight is 457 g/mol. The van der Waals surface area contributed by atoms with Gasteiger partial charge in [0.25, 0.3) is 0 Å². The minimum atomic E-state index is 0.632. The Morgan fingerprint density at radius 1 is 0.941 bits per heavy atom. The van der Waals surface area contributed by atoms with Crippen molar-refractivity contribution < 1.29 is 0 Å². The highest BCUT2D eigenvalue weighted by Gasteiger charge is 2.11. The number of nitrogen functional groups attached to an aromatic ring is 1.